The van der Waals surface area contributed by atoms with E-state index in [0.29, 0.717) is 0 Å². The molecule has 0 bridgehead atoms. The van der Waals surface area contributed by atoms with E-state index < -0.39 is 0 Å². The maximum absolute atomic E-state index is 12.2. The SMILES string of the molecule is Cl.O=C(Nc1cccc(-c2nccs2)c1)[C@@H]1CCCNC1. The molecule has 2 aromatic rings. The molecule has 1 aliphatic rings. The molecular weight excluding hydrogens is 306 g/mol. The molecule has 1 amide bonds. The average Bonchev–Trinajstić information content (AvgIpc) is 3.03. The van der Waals surface area contributed by atoms with E-state index in [-0.39, 0.29) is 24.2 Å². The lowest BCUT2D eigenvalue weighted by Crippen LogP contribution is -2.37. The third-order valence-electron chi connectivity index (χ3n) is 3.48. The molecule has 1 atom stereocenters. The van der Waals surface area contributed by atoms with Crippen LogP contribution in [0.25, 0.3) is 10.6 Å². The van der Waals surface area contributed by atoms with Crippen LogP contribution in [-0.2, 0) is 4.79 Å². The topological polar surface area (TPSA) is 54.0 Å². The van der Waals surface area contributed by atoms with Crippen molar-refractivity contribution in [3.63, 3.8) is 0 Å². The molecule has 0 radical (unpaired) electrons. The van der Waals surface area contributed by atoms with Gasteiger partial charge in [0.2, 0.25) is 5.91 Å². The Labute approximate surface area is 134 Å². The van der Waals surface area contributed by atoms with Crippen molar-refractivity contribution in [3.05, 3.63) is 35.8 Å². The van der Waals surface area contributed by atoms with Crippen LogP contribution in [0.4, 0.5) is 5.69 Å². The van der Waals surface area contributed by atoms with Crippen molar-refractivity contribution in [1.82, 2.24) is 10.3 Å². The number of aromatic nitrogens is 1. The third kappa shape index (κ3) is 4.03. The fourth-order valence-corrected chi connectivity index (χ4v) is 3.05. The van der Waals surface area contributed by atoms with Gasteiger partial charge in [-0.1, -0.05) is 12.1 Å². The first kappa shape index (κ1) is 15.9. The zero-order valence-electron chi connectivity index (χ0n) is 11.5. The van der Waals surface area contributed by atoms with Gasteiger partial charge in [0, 0.05) is 29.4 Å². The smallest absolute Gasteiger partial charge is 0.228 e. The highest BCUT2D eigenvalue weighted by molar-refractivity contribution is 7.13. The summed E-state index contributed by atoms with van der Waals surface area (Å²) >= 11 is 1.60. The van der Waals surface area contributed by atoms with Gasteiger partial charge >= 0.3 is 0 Å². The molecule has 0 saturated carbocycles. The number of piperidine rings is 1. The molecule has 1 saturated heterocycles. The van der Waals surface area contributed by atoms with Gasteiger partial charge in [-0.3, -0.25) is 4.79 Å². The van der Waals surface area contributed by atoms with Crippen LogP contribution in [-0.4, -0.2) is 24.0 Å². The molecule has 21 heavy (non-hydrogen) atoms. The summed E-state index contributed by atoms with van der Waals surface area (Å²) in [7, 11) is 0. The molecule has 0 unspecified atom stereocenters. The largest absolute Gasteiger partial charge is 0.326 e. The molecular formula is C15H18ClN3OS. The van der Waals surface area contributed by atoms with Crippen LogP contribution < -0.4 is 10.6 Å². The van der Waals surface area contributed by atoms with Crippen molar-refractivity contribution < 1.29 is 4.79 Å². The van der Waals surface area contributed by atoms with E-state index in [2.05, 4.69) is 15.6 Å². The summed E-state index contributed by atoms with van der Waals surface area (Å²) in [6.07, 6.45) is 3.82. The lowest BCUT2D eigenvalue weighted by molar-refractivity contribution is -0.120. The average molecular weight is 324 g/mol. The molecule has 3 rings (SSSR count). The number of thiazole rings is 1. The van der Waals surface area contributed by atoms with Crippen molar-refractivity contribution in [2.75, 3.05) is 18.4 Å². The summed E-state index contributed by atoms with van der Waals surface area (Å²) in [5.74, 6) is 0.181. The van der Waals surface area contributed by atoms with E-state index >= 15 is 0 Å². The van der Waals surface area contributed by atoms with Crippen LogP contribution >= 0.6 is 23.7 Å². The molecule has 6 heteroatoms. The highest BCUT2D eigenvalue weighted by atomic mass is 35.5. The highest BCUT2D eigenvalue weighted by Crippen LogP contribution is 2.24. The maximum Gasteiger partial charge on any atom is 0.228 e. The summed E-state index contributed by atoms with van der Waals surface area (Å²) < 4.78 is 0. The minimum absolute atomic E-state index is 0. The van der Waals surface area contributed by atoms with E-state index in [1.54, 1.807) is 17.5 Å². The zero-order chi connectivity index (χ0) is 13.8. The minimum atomic E-state index is 0. The second-order valence-electron chi connectivity index (χ2n) is 4.95. The monoisotopic (exact) mass is 323 g/mol. The van der Waals surface area contributed by atoms with Gasteiger partial charge in [0.1, 0.15) is 5.01 Å². The van der Waals surface area contributed by atoms with Crippen LogP contribution in [0.3, 0.4) is 0 Å². The second-order valence-corrected chi connectivity index (χ2v) is 5.85. The van der Waals surface area contributed by atoms with Crippen LogP contribution in [0.2, 0.25) is 0 Å². The Kier molecular flexibility index (Phi) is 5.73. The summed E-state index contributed by atoms with van der Waals surface area (Å²) in [5, 5.41) is 9.20. The van der Waals surface area contributed by atoms with Crippen molar-refractivity contribution in [2.24, 2.45) is 5.92 Å². The number of nitrogens with zero attached hydrogens (tertiary/aromatic N) is 1. The van der Waals surface area contributed by atoms with E-state index in [0.717, 1.165) is 42.2 Å². The van der Waals surface area contributed by atoms with Crippen LogP contribution in [0.1, 0.15) is 12.8 Å². The van der Waals surface area contributed by atoms with Crippen LogP contribution in [0, 0.1) is 5.92 Å². The van der Waals surface area contributed by atoms with E-state index in [4.69, 9.17) is 0 Å². The maximum atomic E-state index is 12.2. The first-order chi connectivity index (χ1) is 9.83. The Bertz CT molecular complexity index is 582. The second kappa shape index (κ2) is 7.54. The Hall–Kier alpha value is -1.43. The van der Waals surface area contributed by atoms with Crippen molar-refractivity contribution in [2.45, 2.75) is 12.8 Å². The number of halogens is 1. The van der Waals surface area contributed by atoms with Gasteiger partial charge in [0.15, 0.2) is 0 Å². The van der Waals surface area contributed by atoms with Gasteiger partial charge in [-0.15, -0.1) is 23.7 Å². The van der Waals surface area contributed by atoms with Crippen LogP contribution in [0.15, 0.2) is 35.8 Å². The van der Waals surface area contributed by atoms with Gasteiger partial charge in [-0.25, -0.2) is 4.98 Å². The van der Waals surface area contributed by atoms with E-state index in [1.807, 2.05) is 29.6 Å². The van der Waals surface area contributed by atoms with Gasteiger partial charge in [0.25, 0.3) is 0 Å². The van der Waals surface area contributed by atoms with Gasteiger partial charge in [-0.2, -0.15) is 0 Å². The Balaban J connectivity index is 0.00000161. The fraction of sp³-hybridized carbons (Fsp3) is 0.333. The minimum Gasteiger partial charge on any atom is -0.326 e. The number of carbonyl (C=O) groups is 1. The quantitative estimate of drug-likeness (QED) is 0.912. The van der Waals surface area contributed by atoms with Gasteiger partial charge < -0.3 is 10.6 Å². The zero-order valence-corrected chi connectivity index (χ0v) is 13.2. The number of amides is 1. The summed E-state index contributed by atoms with van der Waals surface area (Å²) in [4.78, 5) is 16.5. The normalized spacial score (nSPS) is 17.8. The molecule has 0 spiro atoms. The number of carbonyl (C=O) groups excluding carboxylic acids is 1. The van der Waals surface area contributed by atoms with Gasteiger partial charge in [-0.05, 0) is 31.5 Å². The molecule has 1 aromatic carbocycles. The van der Waals surface area contributed by atoms with Crippen molar-refractivity contribution >= 4 is 35.3 Å². The molecule has 2 N–H and O–H groups in total. The molecule has 4 nitrogen and oxygen atoms in total. The van der Waals surface area contributed by atoms with Crippen molar-refractivity contribution in [3.8, 4) is 10.6 Å². The van der Waals surface area contributed by atoms with Crippen LogP contribution in [0.5, 0.6) is 0 Å². The Morgan fingerprint density at radius 1 is 1.43 bits per heavy atom. The predicted octanol–water partition coefficient (Wildman–Crippen LogP) is 3.17. The number of nitrogens with one attached hydrogen (secondary N) is 2. The fourth-order valence-electron chi connectivity index (χ4n) is 2.42. The Morgan fingerprint density at radius 2 is 2.33 bits per heavy atom. The number of benzene rings is 1. The highest BCUT2D eigenvalue weighted by Gasteiger charge is 2.20. The van der Waals surface area contributed by atoms with Crippen molar-refractivity contribution in [1.29, 1.82) is 0 Å². The first-order valence-electron chi connectivity index (χ1n) is 6.84. The van der Waals surface area contributed by atoms with Gasteiger partial charge in [0.05, 0.1) is 5.92 Å². The molecule has 1 aromatic heterocycles. The summed E-state index contributed by atoms with van der Waals surface area (Å²) in [6, 6.07) is 7.86. The number of anilines is 1. The summed E-state index contributed by atoms with van der Waals surface area (Å²) in [5.41, 5.74) is 1.88. The standard InChI is InChI=1S/C15H17N3OS.ClH/c19-14(12-4-2-6-16-10-12)18-13-5-1-3-11(9-13)15-17-7-8-20-15;/h1,3,5,7-9,12,16H,2,4,6,10H2,(H,18,19);1H/t12-;/m1./s1. The predicted molar refractivity (Wildman–Crippen MR) is 89.0 cm³/mol. The van der Waals surface area contributed by atoms with E-state index in [1.165, 1.54) is 0 Å². The molecule has 112 valence electrons. The number of hydrogen-bond donors (Lipinski definition) is 2. The Morgan fingerprint density at radius 3 is 3.05 bits per heavy atom. The number of rotatable bonds is 3. The van der Waals surface area contributed by atoms with E-state index in [9.17, 15) is 4.79 Å². The third-order valence-corrected chi connectivity index (χ3v) is 4.30. The molecule has 1 fully saturated rings. The molecule has 2 heterocycles. The first-order valence-corrected chi connectivity index (χ1v) is 7.72. The number of hydrogen-bond acceptors (Lipinski definition) is 4. The lowest BCUT2D eigenvalue weighted by Gasteiger charge is -2.21. The lowest BCUT2D eigenvalue weighted by atomic mass is 9.99. The molecule has 1 aliphatic heterocycles. The summed E-state index contributed by atoms with van der Waals surface area (Å²) in [6.45, 7) is 1.79. The molecule has 0 aliphatic carbocycles.